The molecule has 4 N–H and O–H groups in total. The molecule has 2 aromatic heterocycles. The number of aromatic nitrogens is 2. The number of alkyl halides is 3. The third kappa shape index (κ3) is 6.36. The number of aliphatic hydroxyl groups is 1. The molecule has 1 amide bonds. The van der Waals surface area contributed by atoms with Gasteiger partial charge >= 0.3 is 6.18 Å². The Balaban J connectivity index is 1.70. The van der Waals surface area contributed by atoms with Gasteiger partial charge in [0, 0.05) is 34.6 Å². The Labute approximate surface area is 234 Å². The topological polar surface area (TPSA) is 110 Å². The number of nitrogens with two attached hydrogens (primary N) is 1. The molecular formula is C30H28F4N4O3. The second-order valence-electron chi connectivity index (χ2n) is 10.0. The van der Waals surface area contributed by atoms with Gasteiger partial charge in [0.2, 0.25) is 5.60 Å². The molecule has 0 radical (unpaired) electrons. The van der Waals surface area contributed by atoms with E-state index < -0.39 is 41.3 Å². The molecule has 0 bridgehead atoms. The lowest BCUT2D eigenvalue weighted by Crippen LogP contribution is -2.51. The number of nitrogens with zero attached hydrogens (tertiary/aromatic N) is 2. The van der Waals surface area contributed by atoms with Crippen molar-refractivity contribution in [3.8, 4) is 28.1 Å². The fourth-order valence-corrected chi connectivity index (χ4v) is 4.13. The molecule has 1 atom stereocenters. The van der Waals surface area contributed by atoms with Crippen LogP contribution in [0.4, 0.5) is 17.6 Å². The number of rotatable bonds is 8. The van der Waals surface area contributed by atoms with E-state index in [0.717, 1.165) is 23.8 Å². The molecule has 4 aromatic rings. The molecule has 4 rings (SSSR count). The zero-order valence-electron chi connectivity index (χ0n) is 22.5. The number of pyridine rings is 2. The van der Waals surface area contributed by atoms with Gasteiger partial charge in [-0.25, -0.2) is 9.37 Å². The SMILES string of the molecule is COc1cc(C(=O)NCC(O)(c2cc(C(C)(C)N)cc(-c3ccc(F)cc3)n2)C(F)(F)F)ccc1-c1ccncc1. The Kier molecular flexibility index (Phi) is 8.14. The van der Waals surface area contributed by atoms with Crippen molar-refractivity contribution in [2.24, 2.45) is 5.73 Å². The molecule has 0 aliphatic heterocycles. The molecule has 2 aromatic carbocycles. The summed E-state index contributed by atoms with van der Waals surface area (Å²) in [7, 11) is 1.40. The van der Waals surface area contributed by atoms with Crippen LogP contribution in [0.1, 0.15) is 35.5 Å². The highest BCUT2D eigenvalue weighted by atomic mass is 19.4. The van der Waals surface area contributed by atoms with Crippen molar-refractivity contribution in [2.45, 2.75) is 31.2 Å². The standard InChI is InChI=1S/C30H28F4N4O3/c1-28(2,35)21-15-24(19-4-7-22(31)8-5-19)38-26(16-21)29(40,30(32,33)34)17-37-27(39)20-6-9-23(25(14-20)41-3)18-10-12-36-13-11-18/h4-16,40H,17,35H2,1-3H3,(H,37,39). The van der Waals surface area contributed by atoms with E-state index in [1.807, 2.05) is 0 Å². The highest BCUT2D eigenvalue weighted by Gasteiger charge is 2.56. The first-order valence-electron chi connectivity index (χ1n) is 12.5. The van der Waals surface area contributed by atoms with E-state index in [1.54, 1.807) is 44.4 Å². The quantitative estimate of drug-likeness (QED) is 0.248. The molecule has 0 aliphatic carbocycles. The first-order valence-corrected chi connectivity index (χ1v) is 12.5. The van der Waals surface area contributed by atoms with E-state index in [4.69, 9.17) is 10.5 Å². The van der Waals surface area contributed by atoms with Crippen molar-refractivity contribution < 1.29 is 32.2 Å². The number of halogens is 4. The van der Waals surface area contributed by atoms with Crippen LogP contribution in [-0.2, 0) is 11.1 Å². The minimum Gasteiger partial charge on any atom is -0.496 e. The second-order valence-corrected chi connectivity index (χ2v) is 10.0. The molecule has 214 valence electrons. The average Bonchev–Trinajstić information content (AvgIpc) is 2.94. The van der Waals surface area contributed by atoms with E-state index in [9.17, 15) is 27.5 Å². The second kappa shape index (κ2) is 11.3. The molecular weight excluding hydrogens is 540 g/mol. The number of amides is 1. The van der Waals surface area contributed by atoms with Crippen molar-refractivity contribution >= 4 is 5.91 Å². The van der Waals surface area contributed by atoms with Crippen molar-refractivity contribution in [2.75, 3.05) is 13.7 Å². The maximum Gasteiger partial charge on any atom is 0.424 e. The van der Waals surface area contributed by atoms with Gasteiger partial charge in [-0.2, -0.15) is 13.2 Å². The average molecular weight is 569 g/mol. The lowest BCUT2D eigenvalue weighted by atomic mass is 9.89. The molecule has 0 saturated carbocycles. The zero-order chi connectivity index (χ0) is 30.0. The van der Waals surface area contributed by atoms with Crippen LogP contribution in [0.15, 0.2) is 79.1 Å². The number of hydrogen-bond donors (Lipinski definition) is 3. The predicted molar refractivity (Wildman–Crippen MR) is 145 cm³/mol. The summed E-state index contributed by atoms with van der Waals surface area (Å²) < 4.78 is 62.3. The fraction of sp³-hybridized carbons (Fsp3) is 0.233. The molecule has 7 nitrogen and oxygen atoms in total. The van der Waals surface area contributed by atoms with Crippen molar-refractivity contribution in [3.63, 3.8) is 0 Å². The zero-order valence-corrected chi connectivity index (χ0v) is 22.5. The summed E-state index contributed by atoms with van der Waals surface area (Å²) in [5, 5.41) is 13.3. The van der Waals surface area contributed by atoms with Crippen LogP contribution in [0.5, 0.6) is 5.75 Å². The normalized spacial score (nSPS) is 13.4. The van der Waals surface area contributed by atoms with Crippen LogP contribution in [-0.4, -0.2) is 40.8 Å². The summed E-state index contributed by atoms with van der Waals surface area (Å²) >= 11 is 0. The maximum atomic E-state index is 14.5. The molecule has 11 heteroatoms. The van der Waals surface area contributed by atoms with Gasteiger partial charge in [0.15, 0.2) is 0 Å². The molecule has 0 aliphatic rings. The highest BCUT2D eigenvalue weighted by Crippen LogP contribution is 2.40. The van der Waals surface area contributed by atoms with Gasteiger partial charge in [0.1, 0.15) is 11.6 Å². The van der Waals surface area contributed by atoms with Crippen LogP contribution < -0.4 is 15.8 Å². The van der Waals surface area contributed by atoms with E-state index in [2.05, 4.69) is 15.3 Å². The van der Waals surface area contributed by atoms with E-state index in [1.165, 1.54) is 37.4 Å². The smallest absolute Gasteiger partial charge is 0.424 e. The summed E-state index contributed by atoms with van der Waals surface area (Å²) in [6.45, 7) is 1.92. The summed E-state index contributed by atoms with van der Waals surface area (Å²) in [6, 6.07) is 15.4. The van der Waals surface area contributed by atoms with E-state index in [0.29, 0.717) is 16.9 Å². The van der Waals surface area contributed by atoms with E-state index in [-0.39, 0.29) is 16.8 Å². The van der Waals surface area contributed by atoms with Gasteiger partial charge in [-0.3, -0.25) is 9.78 Å². The number of carbonyl (C=O) groups is 1. The Morgan fingerprint density at radius 1 is 0.976 bits per heavy atom. The minimum atomic E-state index is -5.24. The Morgan fingerprint density at radius 3 is 2.22 bits per heavy atom. The summed E-state index contributed by atoms with van der Waals surface area (Å²) in [5.74, 6) is -1.09. The fourth-order valence-electron chi connectivity index (χ4n) is 4.13. The summed E-state index contributed by atoms with van der Waals surface area (Å²) in [6.07, 6.45) is -2.07. The van der Waals surface area contributed by atoms with Gasteiger partial charge in [0.25, 0.3) is 5.91 Å². The number of methoxy groups -OCH3 is 1. The van der Waals surface area contributed by atoms with Gasteiger partial charge in [0.05, 0.1) is 25.0 Å². The lowest BCUT2D eigenvalue weighted by molar-refractivity contribution is -0.265. The number of carbonyl (C=O) groups excluding carboxylic acids is 1. The van der Waals surface area contributed by atoms with Gasteiger partial charge in [-0.1, -0.05) is 0 Å². The van der Waals surface area contributed by atoms with Crippen LogP contribution in [0.2, 0.25) is 0 Å². The molecule has 41 heavy (non-hydrogen) atoms. The maximum absolute atomic E-state index is 14.5. The first-order chi connectivity index (χ1) is 19.2. The summed E-state index contributed by atoms with van der Waals surface area (Å²) in [5.41, 5.74) is 2.75. The van der Waals surface area contributed by atoms with Crippen LogP contribution in [0, 0.1) is 5.82 Å². The van der Waals surface area contributed by atoms with Crippen molar-refractivity contribution in [3.05, 3.63) is 102 Å². The van der Waals surface area contributed by atoms with Crippen LogP contribution >= 0.6 is 0 Å². The lowest BCUT2D eigenvalue weighted by Gasteiger charge is -2.32. The monoisotopic (exact) mass is 568 g/mol. The molecule has 2 heterocycles. The molecule has 0 saturated heterocycles. The largest absolute Gasteiger partial charge is 0.496 e. The van der Waals surface area contributed by atoms with Crippen molar-refractivity contribution in [1.82, 2.24) is 15.3 Å². The van der Waals surface area contributed by atoms with Gasteiger partial charge < -0.3 is 20.9 Å². The van der Waals surface area contributed by atoms with Gasteiger partial charge in [-0.15, -0.1) is 0 Å². The van der Waals surface area contributed by atoms with E-state index >= 15 is 0 Å². The van der Waals surface area contributed by atoms with Crippen LogP contribution in [0.25, 0.3) is 22.4 Å². The number of hydrogen-bond acceptors (Lipinski definition) is 6. The summed E-state index contributed by atoms with van der Waals surface area (Å²) in [4.78, 5) is 21.0. The Bertz CT molecular complexity index is 1540. The number of nitrogens with one attached hydrogen (secondary N) is 1. The number of benzene rings is 2. The Hall–Kier alpha value is -4.35. The third-order valence-corrected chi connectivity index (χ3v) is 6.56. The highest BCUT2D eigenvalue weighted by molar-refractivity contribution is 5.95. The predicted octanol–water partition coefficient (Wildman–Crippen LogP) is 5.33. The van der Waals surface area contributed by atoms with Gasteiger partial charge in [-0.05, 0) is 91.7 Å². The molecule has 0 fully saturated rings. The first kappa shape index (κ1) is 29.6. The van der Waals surface area contributed by atoms with Crippen molar-refractivity contribution in [1.29, 1.82) is 0 Å². The minimum absolute atomic E-state index is 0.0148. The molecule has 0 spiro atoms. The number of ether oxygens (including phenoxy) is 1. The Morgan fingerprint density at radius 2 is 1.63 bits per heavy atom. The van der Waals surface area contributed by atoms with Crippen LogP contribution in [0.3, 0.4) is 0 Å². The molecule has 1 unspecified atom stereocenters. The third-order valence-electron chi connectivity index (χ3n) is 6.56.